The Bertz CT molecular complexity index is 779. The molecule has 0 saturated heterocycles. The van der Waals surface area contributed by atoms with E-state index >= 15 is 0 Å². The summed E-state index contributed by atoms with van der Waals surface area (Å²) in [5.74, 6) is 0.954. The number of nitriles is 1. The highest BCUT2D eigenvalue weighted by atomic mass is 15.3. The first-order valence-electron chi connectivity index (χ1n) is 6.11. The molecule has 3 rings (SSSR count). The molecule has 3 aromatic heterocycles. The third-order valence-electron chi connectivity index (χ3n) is 2.69. The van der Waals surface area contributed by atoms with Crippen molar-refractivity contribution in [2.45, 2.75) is 6.54 Å². The number of rotatable bonds is 4. The fourth-order valence-electron chi connectivity index (χ4n) is 1.73. The number of H-pyrrole nitrogens is 1. The molecule has 0 atom stereocenters. The van der Waals surface area contributed by atoms with Crippen molar-refractivity contribution >= 4 is 11.6 Å². The number of nitrogens with zero attached hydrogens (tertiary/aromatic N) is 7. The predicted octanol–water partition coefficient (Wildman–Crippen LogP) is 0.904. The van der Waals surface area contributed by atoms with Crippen LogP contribution in [0.2, 0.25) is 0 Å². The molecule has 8 heteroatoms. The molecule has 3 heterocycles. The zero-order valence-corrected chi connectivity index (χ0v) is 10.9. The van der Waals surface area contributed by atoms with E-state index in [1.165, 1.54) is 6.33 Å². The van der Waals surface area contributed by atoms with Gasteiger partial charge in [0.2, 0.25) is 0 Å². The minimum atomic E-state index is 0.351. The summed E-state index contributed by atoms with van der Waals surface area (Å²) in [7, 11) is 0. The Morgan fingerprint density at radius 1 is 1.33 bits per heavy atom. The first-order chi connectivity index (χ1) is 10.3. The Morgan fingerprint density at radius 3 is 2.90 bits per heavy atom. The Kier molecular flexibility index (Phi) is 3.47. The minimum absolute atomic E-state index is 0.351. The second-order valence-electron chi connectivity index (χ2n) is 4.15. The first kappa shape index (κ1) is 12.7. The Labute approximate surface area is 119 Å². The lowest BCUT2D eigenvalue weighted by Crippen LogP contribution is -2.01. The molecule has 3 aromatic rings. The second-order valence-corrected chi connectivity index (χ2v) is 4.15. The Morgan fingerprint density at radius 2 is 2.19 bits per heavy atom. The second kappa shape index (κ2) is 5.75. The number of aromatic amines is 1. The van der Waals surface area contributed by atoms with Gasteiger partial charge in [-0.2, -0.15) is 15.5 Å². The van der Waals surface area contributed by atoms with Crippen molar-refractivity contribution in [3.63, 3.8) is 0 Å². The maximum Gasteiger partial charge on any atom is 0.191 e. The summed E-state index contributed by atoms with van der Waals surface area (Å²) in [6, 6.07) is 5.71. The molecule has 0 radical (unpaired) electrons. The van der Waals surface area contributed by atoms with Gasteiger partial charge in [-0.1, -0.05) is 0 Å². The summed E-state index contributed by atoms with van der Waals surface area (Å²) in [6.07, 6.45) is 8.07. The number of nitrogens with one attached hydrogen (secondary N) is 1. The molecule has 0 fully saturated rings. The van der Waals surface area contributed by atoms with Crippen molar-refractivity contribution in [2.24, 2.45) is 0 Å². The fraction of sp³-hybridized carbons (Fsp3) is 0.0769. The van der Waals surface area contributed by atoms with Gasteiger partial charge in [0.25, 0.3) is 0 Å². The standard InChI is InChI=1S/C13H10N8/c14-6-11(5-10-1-3-15-4-2-10)13-18-12(19-20-13)7-21-9-16-8-17-21/h1-5,8-9H,7H2,(H,18,19,20)/b11-5+. The van der Waals surface area contributed by atoms with E-state index in [0.717, 1.165) is 5.56 Å². The molecule has 102 valence electrons. The minimum Gasteiger partial charge on any atom is -0.265 e. The first-order valence-corrected chi connectivity index (χ1v) is 6.11. The smallest absolute Gasteiger partial charge is 0.191 e. The van der Waals surface area contributed by atoms with Crippen LogP contribution < -0.4 is 0 Å². The largest absolute Gasteiger partial charge is 0.265 e. The molecule has 0 amide bonds. The van der Waals surface area contributed by atoms with E-state index in [4.69, 9.17) is 0 Å². The predicted molar refractivity (Wildman–Crippen MR) is 73.2 cm³/mol. The van der Waals surface area contributed by atoms with Gasteiger partial charge in [-0.15, -0.1) is 0 Å². The monoisotopic (exact) mass is 278 g/mol. The van der Waals surface area contributed by atoms with Crippen molar-refractivity contribution in [3.8, 4) is 6.07 Å². The van der Waals surface area contributed by atoms with Crippen molar-refractivity contribution in [1.82, 2.24) is 34.9 Å². The van der Waals surface area contributed by atoms with E-state index in [0.29, 0.717) is 23.8 Å². The zero-order chi connectivity index (χ0) is 14.5. The zero-order valence-electron chi connectivity index (χ0n) is 10.9. The number of allylic oxidation sites excluding steroid dienone is 1. The van der Waals surface area contributed by atoms with Gasteiger partial charge in [0, 0.05) is 12.4 Å². The summed E-state index contributed by atoms with van der Waals surface area (Å²) in [6.45, 7) is 0.418. The highest BCUT2D eigenvalue weighted by Gasteiger charge is 2.09. The SMILES string of the molecule is N#C/C(=C\c1ccncc1)c1n[nH]c(Cn2cncn2)n1. The van der Waals surface area contributed by atoms with Crippen LogP contribution in [0, 0.1) is 11.3 Å². The van der Waals surface area contributed by atoms with Crippen LogP contribution in [-0.2, 0) is 6.54 Å². The third kappa shape index (κ3) is 2.98. The molecule has 1 N–H and O–H groups in total. The number of hydrogen-bond donors (Lipinski definition) is 1. The number of pyridine rings is 1. The van der Waals surface area contributed by atoms with E-state index < -0.39 is 0 Å². The molecule has 0 aliphatic carbocycles. The maximum absolute atomic E-state index is 9.25. The number of hydrogen-bond acceptors (Lipinski definition) is 6. The number of aromatic nitrogens is 7. The van der Waals surface area contributed by atoms with Crippen LogP contribution in [0.15, 0.2) is 37.2 Å². The Balaban J connectivity index is 1.84. The summed E-state index contributed by atoms with van der Waals surface area (Å²) >= 11 is 0. The lowest BCUT2D eigenvalue weighted by Gasteiger charge is -1.94. The highest BCUT2D eigenvalue weighted by Crippen LogP contribution is 2.13. The molecular weight excluding hydrogens is 268 g/mol. The molecule has 0 aliphatic heterocycles. The van der Waals surface area contributed by atoms with Gasteiger partial charge in [0.15, 0.2) is 5.82 Å². The summed E-state index contributed by atoms with van der Waals surface area (Å²) in [5.41, 5.74) is 1.24. The van der Waals surface area contributed by atoms with Gasteiger partial charge in [-0.25, -0.2) is 14.6 Å². The van der Waals surface area contributed by atoms with Crippen molar-refractivity contribution in [1.29, 1.82) is 5.26 Å². The van der Waals surface area contributed by atoms with Crippen molar-refractivity contribution < 1.29 is 0 Å². The lowest BCUT2D eigenvalue weighted by atomic mass is 10.1. The molecule has 8 nitrogen and oxygen atoms in total. The highest BCUT2D eigenvalue weighted by molar-refractivity contribution is 5.86. The van der Waals surface area contributed by atoms with Gasteiger partial charge >= 0.3 is 0 Å². The van der Waals surface area contributed by atoms with E-state index in [9.17, 15) is 5.26 Å². The quantitative estimate of drug-likeness (QED) is 0.710. The van der Waals surface area contributed by atoms with Gasteiger partial charge < -0.3 is 0 Å². The van der Waals surface area contributed by atoms with E-state index in [-0.39, 0.29) is 0 Å². The molecule has 21 heavy (non-hydrogen) atoms. The molecule has 0 saturated carbocycles. The van der Waals surface area contributed by atoms with Crippen LogP contribution >= 0.6 is 0 Å². The van der Waals surface area contributed by atoms with Crippen LogP contribution in [0.5, 0.6) is 0 Å². The van der Waals surface area contributed by atoms with Gasteiger partial charge in [0.1, 0.15) is 31.1 Å². The van der Waals surface area contributed by atoms with Crippen LogP contribution in [0.4, 0.5) is 0 Å². The maximum atomic E-state index is 9.25. The van der Waals surface area contributed by atoms with Gasteiger partial charge in [0.05, 0.1) is 5.57 Å². The molecular formula is C13H10N8. The van der Waals surface area contributed by atoms with Gasteiger partial charge in [-0.3, -0.25) is 10.1 Å². The average molecular weight is 278 g/mol. The molecule has 0 aromatic carbocycles. The molecule has 0 aliphatic rings. The topological polar surface area (TPSA) is 109 Å². The summed E-state index contributed by atoms with van der Waals surface area (Å²) in [4.78, 5) is 12.1. The van der Waals surface area contributed by atoms with E-state index in [2.05, 4.69) is 36.3 Å². The molecule has 0 spiro atoms. The summed E-state index contributed by atoms with van der Waals surface area (Å²) in [5, 5.41) is 20.1. The average Bonchev–Trinajstić information content (AvgIpc) is 3.18. The third-order valence-corrected chi connectivity index (χ3v) is 2.69. The van der Waals surface area contributed by atoms with Crippen molar-refractivity contribution in [2.75, 3.05) is 0 Å². The van der Waals surface area contributed by atoms with Crippen LogP contribution in [0.25, 0.3) is 11.6 Å². The lowest BCUT2D eigenvalue weighted by molar-refractivity contribution is 0.655. The normalized spacial score (nSPS) is 11.3. The van der Waals surface area contributed by atoms with E-state index in [1.807, 2.05) is 0 Å². The fourth-order valence-corrected chi connectivity index (χ4v) is 1.73. The van der Waals surface area contributed by atoms with E-state index in [1.54, 1.807) is 41.6 Å². The van der Waals surface area contributed by atoms with Crippen molar-refractivity contribution in [3.05, 3.63) is 54.4 Å². The summed E-state index contributed by atoms with van der Waals surface area (Å²) < 4.78 is 1.61. The van der Waals surface area contributed by atoms with Crippen LogP contribution in [0.3, 0.4) is 0 Å². The molecule has 0 bridgehead atoms. The van der Waals surface area contributed by atoms with Crippen LogP contribution in [-0.4, -0.2) is 34.9 Å². The van der Waals surface area contributed by atoms with Crippen LogP contribution in [0.1, 0.15) is 17.2 Å². The Hall–Kier alpha value is -3.34. The van der Waals surface area contributed by atoms with Gasteiger partial charge in [-0.05, 0) is 23.8 Å². The molecule has 0 unspecified atom stereocenters.